The molecule has 0 aliphatic carbocycles. The van der Waals surface area contributed by atoms with Crippen LogP contribution in [-0.2, 0) is 7.05 Å². The largest absolute Gasteiger partial charge is 0.381 e. The number of hydrogen-bond acceptors (Lipinski definition) is 6. The smallest absolute Gasteiger partial charge is 0.259 e. The van der Waals surface area contributed by atoms with Crippen molar-refractivity contribution in [2.45, 2.75) is 13.0 Å². The average Bonchev–Trinajstić information content (AvgIpc) is 3.62. The lowest BCUT2D eigenvalue weighted by Crippen LogP contribution is -2.28. The van der Waals surface area contributed by atoms with Gasteiger partial charge in [0, 0.05) is 31.2 Å². The van der Waals surface area contributed by atoms with E-state index in [0.29, 0.717) is 22.7 Å². The molecule has 6 rings (SSSR count). The summed E-state index contributed by atoms with van der Waals surface area (Å²) in [6.07, 6.45) is 5.15. The van der Waals surface area contributed by atoms with E-state index in [0.717, 1.165) is 17.0 Å². The molecule has 0 saturated heterocycles. The van der Waals surface area contributed by atoms with Crippen LogP contribution < -0.4 is 11.1 Å². The molecule has 1 unspecified atom stereocenters. The summed E-state index contributed by atoms with van der Waals surface area (Å²) in [6.45, 7) is 1.89. The van der Waals surface area contributed by atoms with Gasteiger partial charge < -0.3 is 11.1 Å². The predicted octanol–water partition coefficient (Wildman–Crippen LogP) is 3.25. The van der Waals surface area contributed by atoms with Crippen molar-refractivity contribution in [3.8, 4) is 23.1 Å². The van der Waals surface area contributed by atoms with Crippen LogP contribution in [0.2, 0.25) is 0 Å². The Balaban J connectivity index is 1.45. The SMILES string of the molecule is CC(NC(=O)c1c(N)nn2cccnc12)c1nc2cccc(C#Cc3ccn(C)n3)n2c1-c1ccccc1. The Kier molecular flexibility index (Phi) is 5.58. The molecule has 5 aromatic heterocycles. The molecule has 0 fully saturated rings. The van der Waals surface area contributed by atoms with Gasteiger partial charge in [0.05, 0.1) is 23.1 Å². The van der Waals surface area contributed by atoms with E-state index in [4.69, 9.17) is 10.7 Å². The van der Waals surface area contributed by atoms with Crippen molar-refractivity contribution in [2.24, 2.45) is 7.05 Å². The number of nitrogens with one attached hydrogen (secondary N) is 1. The summed E-state index contributed by atoms with van der Waals surface area (Å²) >= 11 is 0. The Morgan fingerprint density at radius 3 is 2.63 bits per heavy atom. The highest BCUT2D eigenvalue weighted by Crippen LogP contribution is 2.31. The van der Waals surface area contributed by atoms with Crippen molar-refractivity contribution >= 4 is 23.0 Å². The van der Waals surface area contributed by atoms with Crippen LogP contribution in [0.5, 0.6) is 0 Å². The number of aromatic nitrogens is 7. The summed E-state index contributed by atoms with van der Waals surface area (Å²) in [5.41, 5.74) is 11.3. The summed E-state index contributed by atoms with van der Waals surface area (Å²) in [7, 11) is 1.86. The molecule has 10 heteroatoms. The number of anilines is 1. The summed E-state index contributed by atoms with van der Waals surface area (Å²) in [5, 5.41) is 11.6. The lowest BCUT2D eigenvalue weighted by atomic mass is 10.1. The number of nitrogens with zero attached hydrogens (tertiary/aromatic N) is 7. The molecule has 6 aromatic rings. The predicted molar refractivity (Wildman–Crippen MR) is 143 cm³/mol. The number of benzene rings is 1. The van der Waals surface area contributed by atoms with Crippen molar-refractivity contribution in [1.29, 1.82) is 0 Å². The van der Waals surface area contributed by atoms with Gasteiger partial charge in [-0.15, -0.1) is 5.10 Å². The van der Waals surface area contributed by atoms with Gasteiger partial charge in [0.15, 0.2) is 11.5 Å². The summed E-state index contributed by atoms with van der Waals surface area (Å²) < 4.78 is 5.21. The Morgan fingerprint density at radius 1 is 1.00 bits per heavy atom. The van der Waals surface area contributed by atoms with E-state index in [9.17, 15) is 4.79 Å². The second kappa shape index (κ2) is 9.22. The number of amides is 1. The Labute approximate surface area is 217 Å². The Morgan fingerprint density at radius 2 is 1.84 bits per heavy atom. The minimum Gasteiger partial charge on any atom is -0.381 e. The van der Waals surface area contributed by atoms with Crippen molar-refractivity contribution in [3.05, 3.63) is 102 Å². The first-order valence-corrected chi connectivity index (χ1v) is 12.0. The number of nitrogen functional groups attached to an aromatic ring is 1. The van der Waals surface area contributed by atoms with Gasteiger partial charge in [-0.25, -0.2) is 14.5 Å². The van der Waals surface area contributed by atoms with E-state index in [1.165, 1.54) is 4.52 Å². The number of rotatable bonds is 4. The van der Waals surface area contributed by atoms with Gasteiger partial charge in [0.1, 0.15) is 16.9 Å². The standard InChI is InChI=1S/C28H23N9O/c1-18(31-28(38)23-26(29)34-36-16-7-15-30-27(23)36)24-25(19-8-4-3-5-9-19)37-21(10-6-11-22(37)32-24)13-12-20-14-17-35(2)33-20/h3-11,14-18H,1-2H3,(H2,29,34)(H,31,38). The molecule has 0 spiro atoms. The van der Waals surface area contributed by atoms with Crippen LogP contribution in [0.1, 0.15) is 40.4 Å². The van der Waals surface area contributed by atoms with Crippen LogP contribution >= 0.6 is 0 Å². The van der Waals surface area contributed by atoms with E-state index >= 15 is 0 Å². The van der Waals surface area contributed by atoms with E-state index in [1.807, 2.05) is 79.2 Å². The highest BCUT2D eigenvalue weighted by Gasteiger charge is 2.25. The molecular weight excluding hydrogens is 478 g/mol. The monoisotopic (exact) mass is 501 g/mol. The number of hydrogen-bond donors (Lipinski definition) is 2. The highest BCUT2D eigenvalue weighted by atomic mass is 16.1. The molecule has 186 valence electrons. The number of aryl methyl sites for hydroxylation is 1. The van der Waals surface area contributed by atoms with Crippen LogP contribution in [0.25, 0.3) is 22.6 Å². The molecule has 1 atom stereocenters. The zero-order valence-corrected chi connectivity index (χ0v) is 20.7. The van der Waals surface area contributed by atoms with E-state index in [1.54, 1.807) is 23.1 Å². The molecule has 3 N–H and O–H groups in total. The zero-order chi connectivity index (χ0) is 26.2. The molecule has 38 heavy (non-hydrogen) atoms. The maximum atomic E-state index is 13.4. The molecule has 0 bridgehead atoms. The number of imidazole rings is 1. The van der Waals surface area contributed by atoms with E-state index in [2.05, 4.69) is 32.3 Å². The Hall–Kier alpha value is -5.43. The second-order valence-corrected chi connectivity index (χ2v) is 8.78. The third-order valence-corrected chi connectivity index (χ3v) is 6.16. The molecule has 10 nitrogen and oxygen atoms in total. The van der Waals surface area contributed by atoms with Gasteiger partial charge in [0.2, 0.25) is 0 Å². The van der Waals surface area contributed by atoms with Gasteiger partial charge in [-0.05, 0) is 43.0 Å². The fourth-order valence-corrected chi connectivity index (χ4v) is 4.45. The van der Waals surface area contributed by atoms with Gasteiger partial charge in [0.25, 0.3) is 5.91 Å². The van der Waals surface area contributed by atoms with E-state index < -0.39 is 6.04 Å². The van der Waals surface area contributed by atoms with E-state index in [-0.39, 0.29) is 17.3 Å². The summed E-state index contributed by atoms with van der Waals surface area (Å²) in [4.78, 5) is 22.6. The van der Waals surface area contributed by atoms with Crippen molar-refractivity contribution in [2.75, 3.05) is 5.73 Å². The lowest BCUT2D eigenvalue weighted by Gasteiger charge is -2.14. The number of nitrogens with two attached hydrogens (primary N) is 1. The quantitative estimate of drug-likeness (QED) is 0.358. The van der Waals surface area contributed by atoms with Gasteiger partial charge in [-0.2, -0.15) is 5.10 Å². The number of carbonyl (C=O) groups is 1. The van der Waals surface area contributed by atoms with Crippen LogP contribution in [0.3, 0.4) is 0 Å². The average molecular weight is 502 g/mol. The highest BCUT2D eigenvalue weighted by molar-refractivity contribution is 6.04. The van der Waals surface area contributed by atoms with Gasteiger partial charge in [-0.3, -0.25) is 13.9 Å². The van der Waals surface area contributed by atoms with Crippen LogP contribution in [0.15, 0.2) is 79.3 Å². The normalized spacial score (nSPS) is 11.8. The first kappa shape index (κ1) is 23.0. The van der Waals surface area contributed by atoms with Crippen LogP contribution in [-0.4, -0.2) is 39.7 Å². The van der Waals surface area contributed by atoms with Crippen molar-refractivity contribution in [3.63, 3.8) is 0 Å². The first-order valence-electron chi connectivity index (χ1n) is 12.0. The van der Waals surface area contributed by atoms with Gasteiger partial charge >= 0.3 is 0 Å². The molecule has 0 saturated carbocycles. The summed E-state index contributed by atoms with van der Waals surface area (Å²) in [6, 6.07) is 18.8. The minimum atomic E-state index is -0.465. The number of pyridine rings is 1. The third kappa shape index (κ3) is 4.02. The number of carbonyl (C=O) groups excluding carboxylic acids is 1. The maximum absolute atomic E-state index is 13.4. The molecule has 0 aliphatic heterocycles. The van der Waals surface area contributed by atoms with Crippen LogP contribution in [0, 0.1) is 11.8 Å². The fourth-order valence-electron chi connectivity index (χ4n) is 4.45. The van der Waals surface area contributed by atoms with Crippen molar-refractivity contribution in [1.82, 2.24) is 39.1 Å². The topological polar surface area (TPSA) is 120 Å². The van der Waals surface area contributed by atoms with Gasteiger partial charge in [-0.1, -0.05) is 36.4 Å². The second-order valence-electron chi connectivity index (χ2n) is 8.78. The molecule has 5 heterocycles. The van der Waals surface area contributed by atoms with Crippen LogP contribution in [0.4, 0.5) is 5.82 Å². The maximum Gasteiger partial charge on any atom is 0.259 e. The summed E-state index contributed by atoms with van der Waals surface area (Å²) in [5.74, 6) is 6.11. The third-order valence-electron chi connectivity index (χ3n) is 6.16. The fraction of sp³-hybridized carbons (Fsp3) is 0.107. The molecule has 0 radical (unpaired) electrons. The minimum absolute atomic E-state index is 0.110. The molecule has 1 amide bonds. The number of fused-ring (bicyclic) bond motifs is 2. The lowest BCUT2D eigenvalue weighted by molar-refractivity contribution is 0.0941. The Bertz CT molecular complexity index is 1870. The molecule has 0 aliphatic rings. The molecule has 1 aromatic carbocycles. The zero-order valence-electron chi connectivity index (χ0n) is 20.7. The first-order chi connectivity index (χ1) is 18.5. The molecular formula is C28H23N9O. The van der Waals surface area contributed by atoms with Crippen molar-refractivity contribution < 1.29 is 4.79 Å².